The molecule has 4 rings (SSSR count). The average molecular weight is 453 g/mol. The van der Waals surface area contributed by atoms with Gasteiger partial charge in [-0.2, -0.15) is 0 Å². The van der Waals surface area contributed by atoms with E-state index in [1.807, 2.05) is 78.9 Å². The van der Waals surface area contributed by atoms with Crippen molar-refractivity contribution in [3.8, 4) is 5.75 Å². The molecule has 4 nitrogen and oxygen atoms in total. The molecule has 150 valence electrons. The Labute approximate surface area is 188 Å². The second-order valence-electron chi connectivity index (χ2n) is 6.45. The number of carbonyl (C=O) groups excluding carboxylic acids is 1. The van der Waals surface area contributed by atoms with Crippen LogP contribution in [0.15, 0.2) is 78.9 Å². The summed E-state index contributed by atoms with van der Waals surface area (Å²) in [6.07, 6.45) is 0. The van der Waals surface area contributed by atoms with Crippen molar-refractivity contribution in [3.05, 3.63) is 94.3 Å². The minimum Gasteiger partial charge on any atom is -0.489 e. The predicted molar refractivity (Wildman–Crippen MR) is 128 cm³/mol. The van der Waals surface area contributed by atoms with Crippen LogP contribution in [0.4, 0.5) is 5.69 Å². The first kappa shape index (κ1) is 20.3. The number of fused-ring (bicyclic) bond motifs is 1. The fourth-order valence-corrected chi connectivity index (χ4v) is 4.48. The molecule has 0 aliphatic carbocycles. The first-order valence-electron chi connectivity index (χ1n) is 9.16. The molecule has 2 N–H and O–H groups in total. The number of thiophene rings is 1. The van der Waals surface area contributed by atoms with Gasteiger partial charge in [-0.05, 0) is 48.1 Å². The lowest BCUT2D eigenvalue weighted by atomic mass is 10.2. The molecule has 7 heteroatoms. The topological polar surface area (TPSA) is 50.4 Å². The zero-order chi connectivity index (χ0) is 20.9. The molecule has 1 heterocycles. The Balaban J connectivity index is 1.34. The van der Waals surface area contributed by atoms with Gasteiger partial charge in [0.1, 0.15) is 17.2 Å². The molecule has 0 saturated heterocycles. The van der Waals surface area contributed by atoms with Gasteiger partial charge in [-0.25, -0.2) is 0 Å². The predicted octanol–water partition coefficient (Wildman–Crippen LogP) is 6.26. The highest BCUT2D eigenvalue weighted by Crippen LogP contribution is 2.35. The second kappa shape index (κ2) is 9.26. The molecule has 0 unspecified atom stereocenters. The molecule has 0 aliphatic rings. The highest BCUT2D eigenvalue weighted by Gasteiger charge is 2.17. The number of hydrogen-bond acceptors (Lipinski definition) is 4. The van der Waals surface area contributed by atoms with Crippen LogP contribution in [0.5, 0.6) is 5.75 Å². The summed E-state index contributed by atoms with van der Waals surface area (Å²) in [5, 5.41) is 7.19. The largest absolute Gasteiger partial charge is 0.489 e. The normalized spacial score (nSPS) is 10.6. The number of hydrogen-bond donors (Lipinski definition) is 2. The quantitative estimate of drug-likeness (QED) is 0.351. The maximum absolute atomic E-state index is 12.6. The lowest BCUT2D eigenvalue weighted by molar-refractivity contribution is 0.0982. The van der Waals surface area contributed by atoms with Crippen LogP contribution >= 0.6 is 35.2 Å². The summed E-state index contributed by atoms with van der Waals surface area (Å²) < 4.78 is 6.73. The third-order valence-electron chi connectivity index (χ3n) is 4.33. The highest BCUT2D eigenvalue weighted by molar-refractivity contribution is 7.80. The van der Waals surface area contributed by atoms with E-state index in [0.29, 0.717) is 16.5 Å². The minimum absolute atomic E-state index is 0.200. The lowest BCUT2D eigenvalue weighted by Crippen LogP contribution is -2.33. The fraction of sp³-hybridized carbons (Fsp3) is 0.0435. The van der Waals surface area contributed by atoms with E-state index in [1.54, 1.807) is 0 Å². The van der Waals surface area contributed by atoms with Crippen LogP contribution in [0.25, 0.3) is 10.1 Å². The molecular formula is C23H17ClN2O2S2. The number of rotatable bonds is 5. The summed E-state index contributed by atoms with van der Waals surface area (Å²) in [5.74, 6) is 0.415. The van der Waals surface area contributed by atoms with Gasteiger partial charge in [-0.1, -0.05) is 60.1 Å². The Kier molecular flexibility index (Phi) is 6.28. The van der Waals surface area contributed by atoms with E-state index in [9.17, 15) is 4.79 Å². The zero-order valence-corrected chi connectivity index (χ0v) is 18.1. The molecule has 0 radical (unpaired) electrons. The molecule has 0 spiro atoms. The van der Waals surface area contributed by atoms with E-state index in [1.165, 1.54) is 11.3 Å². The van der Waals surface area contributed by atoms with Crippen LogP contribution < -0.4 is 15.4 Å². The van der Waals surface area contributed by atoms with Crippen LogP contribution in [-0.2, 0) is 6.61 Å². The van der Waals surface area contributed by atoms with E-state index < -0.39 is 0 Å². The monoisotopic (exact) mass is 452 g/mol. The average Bonchev–Trinajstić information content (AvgIpc) is 3.11. The molecule has 3 aromatic carbocycles. The number of anilines is 1. The summed E-state index contributed by atoms with van der Waals surface area (Å²) in [6, 6.07) is 25.0. The van der Waals surface area contributed by atoms with Gasteiger partial charge in [0, 0.05) is 15.8 Å². The fourth-order valence-electron chi connectivity index (χ4n) is 2.86. The van der Waals surface area contributed by atoms with Crippen molar-refractivity contribution in [2.24, 2.45) is 0 Å². The third-order valence-corrected chi connectivity index (χ3v) is 6.21. The number of thiocarbonyl (C=S) groups is 1. The first-order valence-corrected chi connectivity index (χ1v) is 10.8. The summed E-state index contributed by atoms with van der Waals surface area (Å²) in [7, 11) is 0. The third kappa shape index (κ3) is 4.79. The molecule has 1 aromatic heterocycles. The van der Waals surface area contributed by atoms with E-state index in [2.05, 4.69) is 10.6 Å². The van der Waals surface area contributed by atoms with Crippen LogP contribution in [0.3, 0.4) is 0 Å². The van der Waals surface area contributed by atoms with E-state index in [4.69, 9.17) is 28.6 Å². The van der Waals surface area contributed by atoms with Crippen molar-refractivity contribution in [2.75, 3.05) is 5.32 Å². The van der Waals surface area contributed by atoms with Crippen molar-refractivity contribution < 1.29 is 9.53 Å². The van der Waals surface area contributed by atoms with Gasteiger partial charge in [-0.15, -0.1) is 11.3 Å². The molecule has 4 aromatic rings. The van der Waals surface area contributed by atoms with Gasteiger partial charge < -0.3 is 10.1 Å². The molecule has 0 bridgehead atoms. The van der Waals surface area contributed by atoms with E-state index in [0.717, 1.165) is 27.1 Å². The first-order chi connectivity index (χ1) is 14.6. The van der Waals surface area contributed by atoms with Gasteiger partial charge in [0.05, 0.1) is 5.02 Å². The standard InChI is InChI=1S/C23H17ClN2O2S2/c24-20-18-8-4-5-9-19(18)30-21(20)22(27)26-23(29)25-16-10-12-17(13-11-16)28-14-15-6-2-1-3-7-15/h1-13H,14H2,(H2,25,26,27,29). The van der Waals surface area contributed by atoms with Crippen molar-refractivity contribution in [2.45, 2.75) is 6.61 Å². The van der Waals surface area contributed by atoms with Crippen LogP contribution in [-0.4, -0.2) is 11.0 Å². The Bertz CT molecular complexity index is 1190. The number of halogens is 1. The minimum atomic E-state index is -0.332. The van der Waals surface area contributed by atoms with Crippen molar-refractivity contribution in [3.63, 3.8) is 0 Å². The molecule has 1 amide bonds. The summed E-state index contributed by atoms with van der Waals surface area (Å²) in [5.41, 5.74) is 1.85. The van der Waals surface area contributed by atoms with Gasteiger partial charge in [0.15, 0.2) is 5.11 Å². The number of nitrogens with one attached hydrogen (secondary N) is 2. The summed E-state index contributed by atoms with van der Waals surface area (Å²) >= 11 is 13.0. The van der Waals surface area contributed by atoms with E-state index >= 15 is 0 Å². The van der Waals surface area contributed by atoms with Gasteiger partial charge >= 0.3 is 0 Å². The maximum Gasteiger partial charge on any atom is 0.269 e. The maximum atomic E-state index is 12.6. The Morgan fingerprint density at radius 1 is 0.967 bits per heavy atom. The Morgan fingerprint density at radius 2 is 1.67 bits per heavy atom. The molecule has 30 heavy (non-hydrogen) atoms. The van der Waals surface area contributed by atoms with Crippen LogP contribution in [0.2, 0.25) is 5.02 Å². The van der Waals surface area contributed by atoms with Crippen molar-refractivity contribution in [1.29, 1.82) is 0 Å². The van der Waals surface area contributed by atoms with Gasteiger partial charge in [0.25, 0.3) is 5.91 Å². The smallest absolute Gasteiger partial charge is 0.269 e. The summed E-state index contributed by atoms with van der Waals surface area (Å²) in [6.45, 7) is 0.498. The molecule has 0 saturated carbocycles. The highest BCUT2D eigenvalue weighted by atomic mass is 35.5. The number of amides is 1. The zero-order valence-electron chi connectivity index (χ0n) is 15.7. The van der Waals surface area contributed by atoms with Gasteiger partial charge in [-0.3, -0.25) is 10.1 Å². The van der Waals surface area contributed by atoms with E-state index in [-0.39, 0.29) is 11.0 Å². The number of ether oxygens (including phenoxy) is 1. The van der Waals surface area contributed by atoms with Crippen LogP contribution in [0, 0.1) is 0 Å². The molecule has 0 aliphatic heterocycles. The SMILES string of the molecule is O=C(NC(=S)Nc1ccc(OCc2ccccc2)cc1)c1sc2ccccc2c1Cl. The lowest BCUT2D eigenvalue weighted by Gasteiger charge is -2.10. The van der Waals surface area contributed by atoms with Crippen LogP contribution in [0.1, 0.15) is 15.2 Å². The summed E-state index contributed by atoms with van der Waals surface area (Å²) in [4.78, 5) is 13.0. The second-order valence-corrected chi connectivity index (χ2v) is 8.29. The molecule has 0 atom stereocenters. The van der Waals surface area contributed by atoms with Gasteiger partial charge in [0.2, 0.25) is 0 Å². The number of carbonyl (C=O) groups is 1. The number of benzene rings is 3. The van der Waals surface area contributed by atoms with Crippen molar-refractivity contribution >= 4 is 61.9 Å². The Hall–Kier alpha value is -2.93. The Morgan fingerprint density at radius 3 is 2.40 bits per heavy atom. The van der Waals surface area contributed by atoms with Crippen molar-refractivity contribution in [1.82, 2.24) is 5.32 Å². The molecular weight excluding hydrogens is 436 g/mol. The molecule has 0 fully saturated rings.